The third-order valence-electron chi connectivity index (χ3n) is 3.42. The summed E-state index contributed by atoms with van der Waals surface area (Å²) in [5.41, 5.74) is 7.95. The first-order chi connectivity index (χ1) is 10.7. The fourth-order valence-corrected chi connectivity index (χ4v) is 3.05. The largest absolute Gasteiger partial charge is 0.494 e. The Balaban J connectivity index is 1.88. The van der Waals surface area contributed by atoms with E-state index < -0.39 is 6.10 Å². The molecule has 3 rings (SSSR count). The van der Waals surface area contributed by atoms with Gasteiger partial charge in [-0.25, -0.2) is 0 Å². The first kappa shape index (κ1) is 14.7. The van der Waals surface area contributed by atoms with E-state index in [0.29, 0.717) is 12.2 Å². The van der Waals surface area contributed by atoms with E-state index in [9.17, 15) is 4.79 Å². The van der Waals surface area contributed by atoms with E-state index in [4.69, 9.17) is 15.2 Å². The second-order valence-electron chi connectivity index (χ2n) is 5.03. The standard InChI is InChI=1S/C17H17NO3S/c1-2-7-20-13-5-3-4-11(9-13)14-15(19)16(21-17(14)18)12-6-8-22-10-12/h3-6,8-10,16H,2,7,18H2,1H3. The summed E-state index contributed by atoms with van der Waals surface area (Å²) in [5, 5.41) is 3.82. The number of benzene rings is 1. The van der Waals surface area contributed by atoms with Crippen molar-refractivity contribution in [3.05, 3.63) is 58.1 Å². The van der Waals surface area contributed by atoms with Crippen molar-refractivity contribution < 1.29 is 14.3 Å². The van der Waals surface area contributed by atoms with Crippen LogP contribution >= 0.6 is 11.3 Å². The van der Waals surface area contributed by atoms with Gasteiger partial charge in [0.2, 0.25) is 5.78 Å². The average Bonchev–Trinajstić information content (AvgIpc) is 3.13. The van der Waals surface area contributed by atoms with E-state index in [2.05, 4.69) is 0 Å². The number of nitrogens with two attached hydrogens (primary N) is 1. The van der Waals surface area contributed by atoms with Crippen LogP contribution in [0.25, 0.3) is 5.57 Å². The number of ketones is 1. The number of rotatable bonds is 5. The number of hydrogen-bond acceptors (Lipinski definition) is 5. The second kappa shape index (κ2) is 6.23. The van der Waals surface area contributed by atoms with Crippen molar-refractivity contribution in [3.8, 4) is 5.75 Å². The molecule has 1 unspecified atom stereocenters. The third kappa shape index (κ3) is 2.72. The number of thiophene rings is 1. The minimum atomic E-state index is -0.638. The maximum absolute atomic E-state index is 12.6. The molecular weight excluding hydrogens is 298 g/mol. The van der Waals surface area contributed by atoms with Crippen LogP contribution in [-0.2, 0) is 9.53 Å². The molecule has 0 spiro atoms. The molecule has 0 aliphatic carbocycles. The Labute approximate surface area is 133 Å². The summed E-state index contributed by atoms with van der Waals surface area (Å²) in [4.78, 5) is 12.6. The van der Waals surface area contributed by atoms with E-state index in [1.165, 1.54) is 11.3 Å². The summed E-state index contributed by atoms with van der Waals surface area (Å²) in [5.74, 6) is 0.795. The molecule has 114 valence electrons. The second-order valence-corrected chi connectivity index (χ2v) is 5.81. The highest BCUT2D eigenvalue weighted by atomic mass is 32.1. The molecule has 0 saturated heterocycles. The lowest BCUT2D eigenvalue weighted by atomic mass is 9.98. The lowest BCUT2D eigenvalue weighted by Gasteiger charge is -2.08. The zero-order chi connectivity index (χ0) is 15.5. The van der Waals surface area contributed by atoms with Crippen LogP contribution in [0.1, 0.15) is 30.6 Å². The molecule has 5 heteroatoms. The molecule has 2 aromatic rings. The normalized spacial score (nSPS) is 17.7. The van der Waals surface area contributed by atoms with Gasteiger partial charge in [-0.2, -0.15) is 11.3 Å². The first-order valence-electron chi connectivity index (χ1n) is 7.16. The Morgan fingerprint density at radius 1 is 1.36 bits per heavy atom. The Morgan fingerprint density at radius 2 is 2.23 bits per heavy atom. The summed E-state index contributed by atoms with van der Waals surface area (Å²) in [7, 11) is 0. The van der Waals surface area contributed by atoms with Crippen molar-refractivity contribution >= 4 is 22.7 Å². The molecule has 1 atom stereocenters. The molecule has 0 fully saturated rings. The van der Waals surface area contributed by atoms with Crippen LogP contribution in [0.4, 0.5) is 0 Å². The fraction of sp³-hybridized carbons (Fsp3) is 0.235. The molecule has 0 radical (unpaired) electrons. The lowest BCUT2D eigenvalue weighted by molar-refractivity contribution is -0.120. The SMILES string of the molecule is CCCOc1cccc(C2=C(N)OC(c3ccsc3)C2=O)c1. The van der Waals surface area contributed by atoms with Crippen LogP contribution in [0, 0.1) is 0 Å². The molecular formula is C17H17NO3S. The highest BCUT2D eigenvalue weighted by molar-refractivity contribution is 7.08. The minimum Gasteiger partial charge on any atom is -0.494 e. The number of hydrogen-bond donors (Lipinski definition) is 1. The van der Waals surface area contributed by atoms with Gasteiger partial charge in [0.05, 0.1) is 12.2 Å². The van der Waals surface area contributed by atoms with Crippen LogP contribution < -0.4 is 10.5 Å². The molecule has 0 bridgehead atoms. The van der Waals surface area contributed by atoms with E-state index >= 15 is 0 Å². The highest BCUT2D eigenvalue weighted by Gasteiger charge is 2.36. The number of ether oxygens (including phenoxy) is 2. The van der Waals surface area contributed by atoms with Crippen LogP contribution in [-0.4, -0.2) is 12.4 Å². The van der Waals surface area contributed by atoms with Gasteiger partial charge in [0.15, 0.2) is 12.0 Å². The van der Waals surface area contributed by atoms with Gasteiger partial charge in [-0.15, -0.1) is 0 Å². The van der Waals surface area contributed by atoms with Crippen molar-refractivity contribution in [2.75, 3.05) is 6.61 Å². The summed E-state index contributed by atoms with van der Waals surface area (Å²) in [6.45, 7) is 2.68. The maximum Gasteiger partial charge on any atom is 0.213 e. The lowest BCUT2D eigenvalue weighted by Crippen LogP contribution is -2.08. The van der Waals surface area contributed by atoms with E-state index in [1.54, 1.807) is 0 Å². The van der Waals surface area contributed by atoms with Crippen molar-refractivity contribution in [2.24, 2.45) is 5.73 Å². The first-order valence-corrected chi connectivity index (χ1v) is 8.11. The topological polar surface area (TPSA) is 61.6 Å². The number of carbonyl (C=O) groups excluding carboxylic acids is 1. The minimum absolute atomic E-state index is 0.108. The van der Waals surface area contributed by atoms with Crippen molar-refractivity contribution in [3.63, 3.8) is 0 Å². The van der Waals surface area contributed by atoms with E-state index in [1.807, 2.05) is 48.0 Å². The molecule has 1 aliphatic rings. The zero-order valence-corrected chi connectivity index (χ0v) is 13.1. The van der Waals surface area contributed by atoms with Gasteiger partial charge in [-0.05, 0) is 40.9 Å². The van der Waals surface area contributed by atoms with Crippen LogP contribution in [0.3, 0.4) is 0 Å². The van der Waals surface area contributed by atoms with Crippen LogP contribution in [0.15, 0.2) is 47.0 Å². The molecule has 0 saturated carbocycles. The summed E-state index contributed by atoms with van der Waals surface area (Å²) < 4.78 is 11.2. The molecule has 22 heavy (non-hydrogen) atoms. The maximum atomic E-state index is 12.6. The van der Waals surface area contributed by atoms with Crippen molar-refractivity contribution in [2.45, 2.75) is 19.4 Å². The third-order valence-corrected chi connectivity index (χ3v) is 4.12. The van der Waals surface area contributed by atoms with Gasteiger partial charge >= 0.3 is 0 Å². The molecule has 0 amide bonds. The Kier molecular flexibility index (Phi) is 4.15. The quantitative estimate of drug-likeness (QED) is 0.917. The van der Waals surface area contributed by atoms with Crippen LogP contribution in [0.2, 0.25) is 0 Å². The Hall–Kier alpha value is -2.27. The van der Waals surface area contributed by atoms with Gasteiger partial charge in [0, 0.05) is 5.56 Å². The highest BCUT2D eigenvalue weighted by Crippen LogP contribution is 2.37. The predicted molar refractivity (Wildman–Crippen MR) is 86.5 cm³/mol. The Bertz CT molecular complexity index is 706. The molecule has 2 heterocycles. The smallest absolute Gasteiger partial charge is 0.213 e. The fourth-order valence-electron chi connectivity index (χ4n) is 2.38. The number of carbonyl (C=O) groups is 1. The van der Waals surface area contributed by atoms with Crippen molar-refractivity contribution in [1.29, 1.82) is 0 Å². The van der Waals surface area contributed by atoms with Gasteiger partial charge < -0.3 is 15.2 Å². The van der Waals surface area contributed by atoms with Gasteiger partial charge in [0.1, 0.15) is 5.75 Å². The monoisotopic (exact) mass is 315 g/mol. The number of Topliss-reactive ketones (excluding diaryl/α,β-unsaturated/α-hetero) is 1. The van der Waals surface area contributed by atoms with E-state index in [0.717, 1.165) is 23.3 Å². The predicted octanol–water partition coefficient (Wildman–Crippen LogP) is 3.50. The summed E-state index contributed by atoms with van der Waals surface area (Å²) >= 11 is 1.53. The molecule has 1 aromatic heterocycles. The van der Waals surface area contributed by atoms with Gasteiger partial charge in [-0.3, -0.25) is 4.79 Å². The molecule has 2 N–H and O–H groups in total. The Morgan fingerprint density at radius 3 is 2.95 bits per heavy atom. The average molecular weight is 315 g/mol. The summed E-state index contributed by atoms with van der Waals surface area (Å²) in [6, 6.07) is 9.27. The zero-order valence-electron chi connectivity index (χ0n) is 12.2. The van der Waals surface area contributed by atoms with Gasteiger partial charge in [-0.1, -0.05) is 19.1 Å². The van der Waals surface area contributed by atoms with Crippen molar-refractivity contribution in [1.82, 2.24) is 0 Å². The molecule has 1 aliphatic heterocycles. The van der Waals surface area contributed by atoms with Gasteiger partial charge in [0.25, 0.3) is 0 Å². The summed E-state index contributed by atoms with van der Waals surface area (Å²) in [6.07, 6.45) is 0.290. The van der Waals surface area contributed by atoms with Crippen LogP contribution in [0.5, 0.6) is 5.75 Å². The molecule has 4 nitrogen and oxygen atoms in total. The molecule has 1 aromatic carbocycles. The van der Waals surface area contributed by atoms with E-state index in [-0.39, 0.29) is 11.7 Å².